The molecule has 2 N–H and O–H groups in total. The number of aliphatic hydroxyl groups is 1. The quantitative estimate of drug-likeness (QED) is 0.530. The van der Waals surface area contributed by atoms with Crippen molar-refractivity contribution in [2.45, 2.75) is 44.7 Å². The second-order valence-corrected chi connectivity index (χ2v) is 11.6. The molecular weight excluding hydrogens is 461 g/mol. The van der Waals surface area contributed by atoms with Crippen molar-refractivity contribution in [2.75, 3.05) is 11.5 Å². The van der Waals surface area contributed by atoms with E-state index in [1.165, 1.54) is 6.92 Å². The van der Waals surface area contributed by atoms with Gasteiger partial charge < -0.3 is 15.2 Å². The lowest BCUT2D eigenvalue weighted by Crippen LogP contribution is -2.63. The van der Waals surface area contributed by atoms with Crippen LogP contribution in [0.2, 0.25) is 0 Å². The highest BCUT2D eigenvalue weighted by atomic mass is 32.2. The fourth-order valence-corrected chi connectivity index (χ4v) is 6.56. The number of hydrogen-bond donors (Lipinski definition) is 2. The molecule has 1 saturated carbocycles. The molecule has 0 bridgehead atoms. The number of rotatable bonds is 7. The predicted molar refractivity (Wildman–Crippen MR) is 124 cm³/mol. The van der Waals surface area contributed by atoms with E-state index in [1.807, 2.05) is 0 Å². The van der Waals surface area contributed by atoms with E-state index < -0.39 is 27.8 Å². The molecule has 1 aliphatic carbocycles. The number of benzene rings is 2. The highest BCUT2D eigenvalue weighted by molar-refractivity contribution is 7.93. The molecule has 1 saturated heterocycles. The zero-order valence-corrected chi connectivity index (χ0v) is 19.7. The molecule has 8 nitrogen and oxygen atoms in total. The van der Waals surface area contributed by atoms with Gasteiger partial charge in [0.1, 0.15) is 11.9 Å². The number of ether oxygens (including phenoxy) is 1. The standard InChI is InChI=1S/C24H26FN3O5S/c1-14(25)33-18-5-3-4-17(11-18)28-20-9-8-16(23(30)26-24(2)12-34(31,32)13-24)10-19(20)21(27-28)22(29)15-6-7-15/h3-5,8-11,14-15,22,29H,6-7,12-13H2,1-2H3,(H,26,30)/t14?,22-/m0/s1. The van der Waals surface area contributed by atoms with Crippen molar-refractivity contribution < 1.29 is 27.4 Å². The maximum atomic E-state index is 13.3. The van der Waals surface area contributed by atoms with E-state index in [0.717, 1.165) is 12.8 Å². The van der Waals surface area contributed by atoms with Crippen LogP contribution >= 0.6 is 0 Å². The first-order valence-electron chi connectivity index (χ1n) is 11.2. The van der Waals surface area contributed by atoms with Crippen LogP contribution in [0.25, 0.3) is 16.6 Å². The van der Waals surface area contributed by atoms with Crippen LogP contribution in [-0.2, 0) is 9.84 Å². The normalized spacial score (nSPS) is 20.4. The van der Waals surface area contributed by atoms with Crippen LogP contribution in [0.4, 0.5) is 4.39 Å². The van der Waals surface area contributed by atoms with E-state index in [9.17, 15) is 22.7 Å². The summed E-state index contributed by atoms with van der Waals surface area (Å²) in [5.41, 5.74) is 1.33. The lowest BCUT2D eigenvalue weighted by atomic mass is 10.0. The fourth-order valence-electron chi connectivity index (χ4n) is 4.56. The van der Waals surface area contributed by atoms with Gasteiger partial charge in [0, 0.05) is 23.9 Å². The van der Waals surface area contributed by atoms with Crippen molar-refractivity contribution in [2.24, 2.45) is 5.92 Å². The summed E-state index contributed by atoms with van der Waals surface area (Å²) in [6.45, 7) is 3.00. The number of fused-ring (bicyclic) bond motifs is 1. The fraction of sp³-hybridized carbons (Fsp3) is 0.417. The third kappa shape index (κ3) is 4.39. The van der Waals surface area contributed by atoms with Crippen molar-refractivity contribution in [3.8, 4) is 11.4 Å². The first kappa shape index (κ1) is 22.8. The van der Waals surface area contributed by atoms with E-state index in [-0.39, 0.29) is 23.3 Å². The third-order valence-electron chi connectivity index (χ3n) is 6.17. The van der Waals surface area contributed by atoms with E-state index in [0.29, 0.717) is 33.6 Å². The molecule has 180 valence electrons. The molecule has 2 heterocycles. The summed E-state index contributed by atoms with van der Waals surface area (Å²) in [6.07, 6.45) is -0.437. The number of nitrogens with one attached hydrogen (secondary N) is 1. The minimum atomic E-state index is -3.11. The number of halogens is 1. The van der Waals surface area contributed by atoms with Gasteiger partial charge in [0.25, 0.3) is 5.91 Å². The van der Waals surface area contributed by atoms with Gasteiger partial charge in [-0.2, -0.15) is 5.10 Å². The largest absolute Gasteiger partial charge is 0.461 e. The summed E-state index contributed by atoms with van der Waals surface area (Å²) in [5, 5.41) is 19.0. The molecule has 2 fully saturated rings. The number of alkyl halides is 1. The predicted octanol–water partition coefficient (Wildman–Crippen LogP) is 3.08. The van der Waals surface area contributed by atoms with Crippen molar-refractivity contribution in [1.82, 2.24) is 15.1 Å². The second kappa shape index (κ2) is 8.06. The molecular formula is C24H26FN3O5S. The number of hydrogen-bond acceptors (Lipinski definition) is 6. The average Bonchev–Trinajstić information content (AvgIpc) is 3.51. The number of sulfone groups is 1. The number of nitrogens with zero attached hydrogens (tertiary/aromatic N) is 2. The summed E-state index contributed by atoms with van der Waals surface area (Å²) in [5.74, 6) is -0.0995. The van der Waals surface area contributed by atoms with Crippen LogP contribution in [0.15, 0.2) is 42.5 Å². The molecule has 2 aliphatic rings. The third-order valence-corrected chi connectivity index (χ3v) is 8.33. The molecule has 2 aromatic carbocycles. The van der Waals surface area contributed by atoms with E-state index in [2.05, 4.69) is 10.4 Å². The van der Waals surface area contributed by atoms with Gasteiger partial charge in [-0.15, -0.1) is 0 Å². The van der Waals surface area contributed by atoms with Crippen molar-refractivity contribution in [3.05, 3.63) is 53.7 Å². The van der Waals surface area contributed by atoms with Gasteiger partial charge in [-0.25, -0.2) is 17.5 Å². The zero-order chi connectivity index (χ0) is 24.3. The van der Waals surface area contributed by atoms with Crippen LogP contribution in [0.5, 0.6) is 5.75 Å². The maximum absolute atomic E-state index is 13.3. The smallest absolute Gasteiger partial charge is 0.251 e. The molecule has 1 unspecified atom stereocenters. The Morgan fingerprint density at radius 1 is 1.26 bits per heavy atom. The van der Waals surface area contributed by atoms with Crippen molar-refractivity contribution in [3.63, 3.8) is 0 Å². The van der Waals surface area contributed by atoms with Crippen molar-refractivity contribution in [1.29, 1.82) is 0 Å². The lowest BCUT2D eigenvalue weighted by Gasteiger charge is -2.38. The minimum absolute atomic E-state index is 0.0898. The highest BCUT2D eigenvalue weighted by Gasteiger charge is 2.45. The summed E-state index contributed by atoms with van der Waals surface area (Å²) in [6, 6.07) is 11.9. The SMILES string of the molecule is CC(F)Oc1cccc(-n2nc([C@@H](O)C3CC3)c3cc(C(=O)NC4(C)CS(=O)(=O)C4)ccc32)c1. The zero-order valence-electron chi connectivity index (χ0n) is 18.9. The van der Waals surface area contributed by atoms with Crippen LogP contribution in [-0.4, -0.2) is 52.6 Å². The summed E-state index contributed by atoms with van der Waals surface area (Å²) in [7, 11) is -3.11. The maximum Gasteiger partial charge on any atom is 0.251 e. The van der Waals surface area contributed by atoms with Crippen molar-refractivity contribution >= 4 is 26.6 Å². The molecule has 5 rings (SSSR count). The van der Waals surface area contributed by atoms with Gasteiger partial charge in [-0.1, -0.05) is 6.07 Å². The Morgan fingerprint density at radius 2 is 2.00 bits per heavy atom. The van der Waals surface area contributed by atoms with E-state index in [4.69, 9.17) is 4.74 Å². The van der Waals surface area contributed by atoms with Gasteiger partial charge in [0.2, 0.25) is 6.36 Å². The Hall–Kier alpha value is -2.98. The first-order chi connectivity index (χ1) is 16.0. The minimum Gasteiger partial charge on any atom is -0.461 e. The number of carbonyl (C=O) groups is 1. The van der Waals surface area contributed by atoms with Crippen LogP contribution in [0.3, 0.4) is 0 Å². The summed E-state index contributed by atoms with van der Waals surface area (Å²) in [4.78, 5) is 12.9. The first-order valence-corrected chi connectivity index (χ1v) is 13.0. The summed E-state index contributed by atoms with van der Waals surface area (Å²) < 4.78 is 43.3. The van der Waals surface area contributed by atoms with Gasteiger partial charge in [-0.05, 0) is 56.0 Å². The second-order valence-electron chi connectivity index (χ2n) is 9.52. The van der Waals surface area contributed by atoms with Gasteiger partial charge in [0.15, 0.2) is 9.84 Å². The van der Waals surface area contributed by atoms with Gasteiger partial charge >= 0.3 is 0 Å². The van der Waals surface area contributed by atoms with Gasteiger partial charge in [-0.3, -0.25) is 4.79 Å². The molecule has 1 aromatic heterocycles. The van der Waals surface area contributed by atoms with Gasteiger partial charge in [0.05, 0.1) is 33.9 Å². The van der Waals surface area contributed by atoms with Crippen LogP contribution in [0.1, 0.15) is 48.8 Å². The number of aliphatic hydroxyl groups excluding tert-OH is 1. The Balaban J connectivity index is 1.53. The number of carbonyl (C=O) groups excluding carboxylic acids is 1. The molecule has 0 spiro atoms. The Kier molecular flexibility index (Phi) is 5.40. The Labute approximate surface area is 196 Å². The van der Waals surface area contributed by atoms with E-state index in [1.54, 1.807) is 54.1 Å². The molecule has 2 atom stereocenters. The Bertz CT molecular complexity index is 1370. The molecule has 34 heavy (non-hydrogen) atoms. The topological polar surface area (TPSA) is 111 Å². The van der Waals surface area contributed by atoms with Crippen LogP contribution < -0.4 is 10.1 Å². The lowest BCUT2D eigenvalue weighted by molar-refractivity contribution is 0.0859. The number of aromatic nitrogens is 2. The molecule has 10 heteroatoms. The molecule has 3 aromatic rings. The average molecular weight is 488 g/mol. The highest BCUT2D eigenvalue weighted by Crippen LogP contribution is 2.43. The molecule has 0 radical (unpaired) electrons. The molecule has 1 aliphatic heterocycles. The van der Waals surface area contributed by atoms with Crippen LogP contribution in [0, 0.1) is 5.92 Å². The van der Waals surface area contributed by atoms with E-state index >= 15 is 0 Å². The number of amides is 1. The summed E-state index contributed by atoms with van der Waals surface area (Å²) >= 11 is 0. The Morgan fingerprint density at radius 3 is 2.65 bits per heavy atom. The molecule has 1 amide bonds. The monoisotopic (exact) mass is 487 g/mol.